The number of anilines is 1. The van der Waals surface area contributed by atoms with E-state index in [1.165, 1.54) is 14.0 Å². The van der Waals surface area contributed by atoms with Crippen LogP contribution in [0.4, 0.5) is 23.7 Å². The highest BCUT2D eigenvalue weighted by molar-refractivity contribution is 6.64. The molecule has 1 unspecified atom stereocenters. The van der Waals surface area contributed by atoms with Crippen molar-refractivity contribution in [3.8, 4) is 0 Å². The monoisotopic (exact) mass is 382 g/mol. The Hall–Kier alpha value is -2.33. The Bertz CT molecular complexity index is 674. The molecular weight excluding hydrogens is 369 g/mol. The number of ether oxygens (including phenoxy) is 1. The van der Waals surface area contributed by atoms with E-state index in [9.17, 15) is 27.9 Å². The van der Waals surface area contributed by atoms with Gasteiger partial charge in [-0.2, -0.15) is 13.2 Å². The first-order valence-corrected chi connectivity index (χ1v) is 6.95. The van der Waals surface area contributed by atoms with E-state index in [1.54, 1.807) is 0 Å². The molecule has 0 aliphatic heterocycles. The molecule has 1 N–H and O–H groups in total. The van der Waals surface area contributed by atoms with Gasteiger partial charge in [0.1, 0.15) is 5.17 Å². The van der Waals surface area contributed by atoms with Gasteiger partial charge in [0.2, 0.25) is 0 Å². The molecule has 1 aromatic rings. The van der Waals surface area contributed by atoms with Crippen LogP contribution in [0.3, 0.4) is 0 Å². The summed E-state index contributed by atoms with van der Waals surface area (Å²) in [5.41, 5.74) is -4.49. The van der Waals surface area contributed by atoms with Crippen molar-refractivity contribution in [3.63, 3.8) is 0 Å². The molecule has 0 heterocycles. The van der Waals surface area contributed by atoms with Crippen LogP contribution >= 0.6 is 11.6 Å². The Morgan fingerprint density at radius 2 is 1.76 bits per heavy atom. The van der Waals surface area contributed by atoms with Gasteiger partial charge in [-0.15, -0.1) is 0 Å². The number of hydrogen-bond donors (Lipinski definition) is 1. The van der Waals surface area contributed by atoms with Crippen LogP contribution in [-0.2, 0) is 20.0 Å². The third-order valence-corrected chi connectivity index (χ3v) is 3.16. The summed E-state index contributed by atoms with van der Waals surface area (Å²) in [5, 5.41) is 13.0. The van der Waals surface area contributed by atoms with Crippen molar-refractivity contribution in [2.75, 3.05) is 19.1 Å². The summed E-state index contributed by atoms with van der Waals surface area (Å²) in [6.45, 7) is 1.37. The van der Waals surface area contributed by atoms with E-state index in [0.717, 1.165) is 36.3 Å². The number of nitrogens with zero attached hydrogens (tertiary/aromatic N) is 2. The molecule has 0 fully saturated rings. The Labute approximate surface area is 145 Å². The van der Waals surface area contributed by atoms with Crippen molar-refractivity contribution in [2.45, 2.75) is 18.7 Å². The van der Waals surface area contributed by atoms with Crippen LogP contribution in [0.2, 0.25) is 0 Å². The highest BCUT2D eigenvalue weighted by Gasteiger charge is 2.62. The molecule has 0 spiro atoms. The Morgan fingerprint density at radius 1 is 1.24 bits per heavy atom. The van der Waals surface area contributed by atoms with Gasteiger partial charge in [0.25, 0.3) is 5.60 Å². The molecule has 0 aromatic heterocycles. The standard InChI is InChI=1S/C14H14ClF3N2O5/c1-8(15)19-25-12(22)20(2)10-6-4-9(5-7-10)13(23,11(21)24-3)14(16,17)18/h4-7,23H,1-3H3. The number of alkyl halides is 3. The van der Waals surface area contributed by atoms with E-state index in [-0.39, 0.29) is 10.9 Å². The maximum atomic E-state index is 13.1. The summed E-state index contributed by atoms with van der Waals surface area (Å²) in [7, 11) is 1.99. The molecule has 1 amide bonds. The lowest BCUT2D eigenvalue weighted by Gasteiger charge is -2.28. The minimum absolute atomic E-state index is 0.0367. The maximum absolute atomic E-state index is 13.1. The van der Waals surface area contributed by atoms with Crippen molar-refractivity contribution in [3.05, 3.63) is 29.8 Å². The van der Waals surface area contributed by atoms with Gasteiger partial charge >= 0.3 is 18.2 Å². The fourth-order valence-electron chi connectivity index (χ4n) is 1.74. The molecule has 0 bridgehead atoms. The lowest BCUT2D eigenvalue weighted by Crippen LogP contribution is -2.49. The van der Waals surface area contributed by atoms with Gasteiger partial charge in [-0.1, -0.05) is 28.9 Å². The first-order valence-electron chi connectivity index (χ1n) is 6.58. The number of carbonyl (C=O) groups is 2. The Morgan fingerprint density at radius 3 is 2.16 bits per heavy atom. The van der Waals surface area contributed by atoms with Crippen LogP contribution in [-0.4, -0.2) is 42.7 Å². The number of carbonyl (C=O) groups excluding carboxylic acids is 2. The lowest BCUT2D eigenvalue weighted by molar-refractivity contribution is -0.266. The summed E-state index contributed by atoms with van der Waals surface area (Å²) in [4.78, 5) is 28.5. The van der Waals surface area contributed by atoms with Crippen molar-refractivity contribution in [1.29, 1.82) is 0 Å². The summed E-state index contributed by atoms with van der Waals surface area (Å²) < 4.78 is 43.4. The molecular formula is C14H14ClF3N2O5. The van der Waals surface area contributed by atoms with Crippen LogP contribution in [0, 0.1) is 0 Å². The van der Waals surface area contributed by atoms with Crippen molar-refractivity contribution in [2.24, 2.45) is 5.16 Å². The summed E-state index contributed by atoms with van der Waals surface area (Å²) in [5.74, 6) is -1.88. The molecule has 1 atom stereocenters. The molecule has 7 nitrogen and oxygen atoms in total. The third kappa shape index (κ3) is 4.40. The molecule has 1 aromatic carbocycles. The summed E-state index contributed by atoms with van der Waals surface area (Å²) in [6.07, 6.45) is -6.26. The van der Waals surface area contributed by atoms with E-state index < -0.39 is 29.4 Å². The normalized spacial score (nSPS) is 14.5. The molecule has 11 heteroatoms. The van der Waals surface area contributed by atoms with Gasteiger partial charge in [-0.05, 0) is 19.1 Å². The topological polar surface area (TPSA) is 88.4 Å². The zero-order chi connectivity index (χ0) is 19.4. The van der Waals surface area contributed by atoms with E-state index in [1.807, 2.05) is 0 Å². The van der Waals surface area contributed by atoms with E-state index >= 15 is 0 Å². The largest absolute Gasteiger partial charge is 0.466 e. The number of oxime groups is 1. The average Bonchev–Trinajstić information content (AvgIpc) is 2.56. The zero-order valence-corrected chi connectivity index (χ0v) is 14.1. The van der Waals surface area contributed by atoms with E-state index in [4.69, 9.17) is 11.6 Å². The number of aliphatic hydroxyl groups is 1. The molecule has 138 valence electrons. The second kappa shape index (κ2) is 7.70. The highest BCUT2D eigenvalue weighted by Crippen LogP contribution is 2.40. The Balaban J connectivity index is 3.14. The second-order valence-corrected chi connectivity index (χ2v) is 5.30. The molecule has 0 saturated carbocycles. The van der Waals surface area contributed by atoms with E-state index in [0.29, 0.717) is 0 Å². The Kier molecular flexibility index (Phi) is 6.38. The van der Waals surface area contributed by atoms with Gasteiger partial charge in [-0.3, -0.25) is 9.74 Å². The first kappa shape index (κ1) is 20.7. The van der Waals surface area contributed by atoms with Crippen molar-refractivity contribution < 1.29 is 37.4 Å². The molecule has 0 radical (unpaired) electrons. The predicted molar refractivity (Wildman–Crippen MR) is 82.3 cm³/mol. The van der Waals surface area contributed by atoms with Crippen molar-refractivity contribution >= 4 is 34.5 Å². The number of rotatable bonds is 4. The van der Waals surface area contributed by atoms with Gasteiger partial charge in [0.05, 0.1) is 7.11 Å². The van der Waals surface area contributed by atoms with Crippen LogP contribution in [0.25, 0.3) is 0 Å². The number of esters is 1. The summed E-state index contributed by atoms with van der Waals surface area (Å²) >= 11 is 5.41. The maximum Gasteiger partial charge on any atom is 0.440 e. The number of hydrogen-bond acceptors (Lipinski definition) is 6. The zero-order valence-electron chi connectivity index (χ0n) is 13.3. The highest BCUT2D eigenvalue weighted by atomic mass is 35.5. The molecule has 0 aliphatic carbocycles. The van der Waals surface area contributed by atoms with Gasteiger partial charge in [0.15, 0.2) is 0 Å². The van der Waals surface area contributed by atoms with Gasteiger partial charge in [0, 0.05) is 18.3 Å². The van der Waals surface area contributed by atoms with E-state index in [2.05, 4.69) is 14.7 Å². The molecule has 0 saturated heterocycles. The lowest BCUT2D eigenvalue weighted by atomic mass is 9.93. The fraction of sp³-hybridized carbons (Fsp3) is 0.357. The predicted octanol–water partition coefficient (Wildman–Crippen LogP) is 2.75. The average molecular weight is 383 g/mol. The van der Waals surface area contributed by atoms with Crippen LogP contribution in [0.5, 0.6) is 0 Å². The number of halogens is 4. The number of methoxy groups -OCH3 is 1. The number of benzene rings is 1. The van der Waals surface area contributed by atoms with Crippen molar-refractivity contribution in [1.82, 2.24) is 0 Å². The minimum Gasteiger partial charge on any atom is -0.466 e. The van der Waals surface area contributed by atoms with Gasteiger partial charge < -0.3 is 9.84 Å². The fourth-order valence-corrected chi connectivity index (χ4v) is 1.77. The van der Waals surface area contributed by atoms with Gasteiger partial charge in [-0.25, -0.2) is 9.59 Å². The van der Waals surface area contributed by atoms with Crippen LogP contribution < -0.4 is 4.90 Å². The quantitative estimate of drug-likeness (QED) is 0.374. The van der Waals surface area contributed by atoms with Crippen LogP contribution in [0.15, 0.2) is 29.4 Å². The smallest absolute Gasteiger partial charge is 0.440 e. The summed E-state index contributed by atoms with van der Waals surface area (Å²) in [6, 6.07) is 3.82. The SMILES string of the molecule is COC(=O)C(O)(c1ccc(N(C)C(=O)ON=C(C)Cl)cc1)C(F)(F)F. The number of amides is 1. The minimum atomic E-state index is -5.31. The van der Waals surface area contributed by atoms with Crippen LogP contribution in [0.1, 0.15) is 12.5 Å². The molecule has 1 rings (SSSR count). The molecule has 25 heavy (non-hydrogen) atoms. The molecule has 0 aliphatic rings. The second-order valence-electron chi connectivity index (χ2n) is 4.75. The first-order chi connectivity index (χ1) is 11.4. The third-order valence-electron chi connectivity index (χ3n) is 3.09.